The summed E-state index contributed by atoms with van der Waals surface area (Å²) >= 11 is 10.2. The highest BCUT2D eigenvalue weighted by Crippen LogP contribution is 2.21. The number of carbonyl (C=O) groups is 1. The second-order valence-electron chi connectivity index (χ2n) is 4.61. The summed E-state index contributed by atoms with van der Waals surface area (Å²) in [6, 6.07) is 2.09. The van der Waals surface area contributed by atoms with E-state index < -0.39 is 30.5 Å². The van der Waals surface area contributed by atoms with Crippen molar-refractivity contribution in [3.63, 3.8) is 0 Å². The molecular formula is C11H12Cl2F2N2OSi. The first-order valence-electron chi connectivity index (χ1n) is 5.12. The van der Waals surface area contributed by atoms with Crippen LogP contribution in [0.4, 0.5) is 8.78 Å². The Morgan fingerprint density at radius 3 is 2.16 bits per heavy atom. The third-order valence-electron chi connectivity index (χ3n) is 1.69. The number of rotatable bonds is 2. The molecule has 0 aliphatic heterocycles. The molecule has 0 saturated carbocycles. The summed E-state index contributed by atoms with van der Waals surface area (Å²) in [5.74, 6) is -0.946. The summed E-state index contributed by atoms with van der Waals surface area (Å²) in [6.07, 6.45) is 0. The maximum absolute atomic E-state index is 12.7. The molecule has 0 aromatic heterocycles. The Morgan fingerprint density at radius 2 is 1.84 bits per heavy atom. The number of hydrogen-bond acceptors (Lipinski definition) is 1. The van der Waals surface area contributed by atoms with E-state index in [9.17, 15) is 13.6 Å². The van der Waals surface area contributed by atoms with Crippen LogP contribution in [-0.4, -0.2) is 23.9 Å². The van der Waals surface area contributed by atoms with E-state index in [1.807, 2.05) is 0 Å². The molecule has 0 saturated heterocycles. The quantitative estimate of drug-likeness (QED) is 0.201. The lowest BCUT2D eigenvalue weighted by Crippen LogP contribution is -2.22. The standard InChI is InChI=1S/C7H2Cl2F2O.C4H10N2Si/c8-4-2-1-3(7(9)12)5(10)6(4)11;1-7(2,3)4-6-5/h1-2H;4H,1-3H3. The summed E-state index contributed by atoms with van der Waals surface area (Å²) in [7, 11) is -1.20. The van der Waals surface area contributed by atoms with Gasteiger partial charge in [-0.05, 0) is 23.7 Å². The zero-order valence-corrected chi connectivity index (χ0v) is 13.1. The Bertz CT molecular complexity index is 526. The van der Waals surface area contributed by atoms with E-state index in [4.69, 9.17) is 28.7 Å². The first-order valence-corrected chi connectivity index (χ1v) is 9.45. The average molecular weight is 325 g/mol. The molecule has 0 unspecified atom stereocenters. The summed E-state index contributed by atoms with van der Waals surface area (Å²) in [5, 5.41) is -1.43. The SMILES string of the molecule is C[Si](C)(C)C=[N+]=[N-].O=C(Cl)c1ccc(Cl)c(F)c1F. The second-order valence-corrected chi connectivity index (χ2v) is 10.3. The normalized spacial score (nSPS) is 10.1. The van der Waals surface area contributed by atoms with Gasteiger partial charge in [0.2, 0.25) is 5.84 Å². The molecule has 1 rings (SSSR count). The number of halogens is 4. The number of hydrogen-bond donors (Lipinski definition) is 0. The van der Waals surface area contributed by atoms with Crippen LogP contribution in [0.1, 0.15) is 10.4 Å². The minimum absolute atomic E-state index is 0.380. The van der Waals surface area contributed by atoms with Gasteiger partial charge in [0.15, 0.2) is 19.7 Å². The van der Waals surface area contributed by atoms with E-state index in [0.717, 1.165) is 12.1 Å². The van der Waals surface area contributed by atoms with Gasteiger partial charge in [-0.25, -0.2) is 8.78 Å². The maximum atomic E-state index is 12.7. The summed E-state index contributed by atoms with van der Waals surface area (Å²) < 4.78 is 25.4. The van der Waals surface area contributed by atoms with Crippen molar-refractivity contribution in [2.24, 2.45) is 0 Å². The highest BCUT2D eigenvalue weighted by molar-refractivity contribution is 6.98. The van der Waals surface area contributed by atoms with Crippen LogP contribution in [0, 0.1) is 11.6 Å². The smallest absolute Gasteiger partial charge is 0.255 e. The predicted molar refractivity (Wildman–Crippen MR) is 74.6 cm³/mol. The molecule has 1 aromatic carbocycles. The van der Waals surface area contributed by atoms with Gasteiger partial charge in [-0.3, -0.25) is 4.79 Å². The molecule has 104 valence electrons. The molecule has 0 heterocycles. The molecule has 0 aliphatic rings. The van der Waals surface area contributed by atoms with E-state index in [-0.39, 0.29) is 5.02 Å². The number of nitrogens with zero attached hydrogens (tertiary/aromatic N) is 2. The molecule has 19 heavy (non-hydrogen) atoms. The van der Waals surface area contributed by atoms with E-state index >= 15 is 0 Å². The van der Waals surface area contributed by atoms with E-state index in [1.54, 1.807) is 5.84 Å². The number of benzene rings is 1. The number of carbonyl (C=O) groups excluding carboxylic acids is 1. The van der Waals surface area contributed by atoms with Gasteiger partial charge in [-0.15, -0.1) is 0 Å². The first kappa shape index (κ1) is 17.9. The third kappa shape index (κ3) is 6.59. The Hall–Kier alpha value is -1.07. The van der Waals surface area contributed by atoms with Crippen molar-refractivity contribution in [3.8, 4) is 0 Å². The van der Waals surface area contributed by atoms with Crippen molar-refractivity contribution in [2.45, 2.75) is 19.6 Å². The maximum Gasteiger partial charge on any atom is 0.255 e. The van der Waals surface area contributed by atoms with Gasteiger partial charge in [0.25, 0.3) is 5.24 Å². The molecule has 0 N–H and O–H groups in total. The fraction of sp³-hybridized carbons (Fsp3) is 0.273. The molecule has 0 fully saturated rings. The molecule has 0 bridgehead atoms. The minimum atomic E-state index is -1.32. The topological polar surface area (TPSA) is 53.5 Å². The first-order chi connectivity index (χ1) is 8.60. The second kappa shape index (κ2) is 7.50. The highest BCUT2D eigenvalue weighted by atomic mass is 35.5. The zero-order chi connectivity index (χ0) is 15.2. The predicted octanol–water partition coefficient (Wildman–Crippen LogP) is 4.16. The summed E-state index contributed by atoms with van der Waals surface area (Å²) in [6.45, 7) is 6.31. The fourth-order valence-electron chi connectivity index (χ4n) is 0.851. The van der Waals surface area contributed by atoms with Crippen molar-refractivity contribution >= 4 is 42.4 Å². The average Bonchev–Trinajstić information content (AvgIpc) is 2.24. The van der Waals surface area contributed by atoms with Crippen LogP contribution in [-0.2, 0) is 0 Å². The van der Waals surface area contributed by atoms with Crippen LogP contribution in [0.5, 0.6) is 0 Å². The van der Waals surface area contributed by atoms with Gasteiger partial charge in [0, 0.05) is 0 Å². The van der Waals surface area contributed by atoms with Gasteiger partial charge < -0.3 is 5.53 Å². The Morgan fingerprint density at radius 1 is 1.32 bits per heavy atom. The van der Waals surface area contributed by atoms with Gasteiger partial charge in [0.05, 0.1) is 10.6 Å². The van der Waals surface area contributed by atoms with Gasteiger partial charge >= 0.3 is 0 Å². The van der Waals surface area contributed by atoms with Crippen LogP contribution >= 0.6 is 23.2 Å². The van der Waals surface area contributed by atoms with Crippen LogP contribution < -0.4 is 0 Å². The lowest BCUT2D eigenvalue weighted by atomic mass is 10.2. The Balaban J connectivity index is 0.000000399. The van der Waals surface area contributed by atoms with Crippen molar-refractivity contribution in [1.29, 1.82) is 0 Å². The Kier molecular flexibility index (Phi) is 7.08. The third-order valence-corrected chi connectivity index (χ3v) is 3.08. The molecule has 0 amide bonds. The minimum Gasteiger partial charge on any atom is -0.363 e. The largest absolute Gasteiger partial charge is 0.363 e. The summed E-state index contributed by atoms with van der Waals surface area (Å²) in [4.78, 5) is 13.4. The van der Waals surface area contributed by atoms with E-state index in [2.05, 4.69) is 24.4 Å². The highest BCUT2D eigenvalue weighted by Gasteiger charge is 2.15. The van der Waals surface area contributed by atoms with Crippen molar-refractivity contribution in [1.82, 2.24) is 0 Å². The molecule has 0 spiro atoms. The molecule has 8 heteroatoms. The molecule has 0 aliphatic carbocycles. The van der Waals surface area contributed by atoms with Crippen LogP contribution in [0.15, 0.2) is 12.1 Å². The van der Waals surface area contributed by atoms with Gasteiger partial charge in [0.1, 0.15) is 0 Å². The van der Waals surface area contributed by atoms with E-state index in [0.29, 0.717) is 0 Å². The van der Waals surface area contributed by atoms with Crippen molar-refractivity contribution in [3.05, 3.63) is 39.9 Å². The molecule has 0 atom stereocenters. The zero-order valence-electron chi connectivity index (χ0n) is 10.5. The Labute approximate surface area is 120 Å². The van der Waals surface area contributed by atoms with E-state index in [1.165, 1.54) is 0 Å². The monoisotopic (exact) mass is 324 g/mol. The van der Waals surface area contributed by atoms with Crippen molar-refractivity contribution in [2.75, 3.05) is 0 Å². The molecular weight excluding hydrogens is 313 g/mol. The summed E-state index contributed by atoms with van der Waals surface area (Å²) in [5.41, 5.74) is 7.49. The van der Waals surface area contributed by atoms with Crippen LogP contribution in [0.2, 0.25) is 24.7 Å². The molecule has 0 radical (unpaired) electrons. The van der Waals surface area contributed by atoms with Crippen molar-refractivity contribution < 1.29 is 18.4 Å². The molecule has 3 nitrogen and oxygen atoms in total. The van der Waals surface area contributed by atoms with Crippen LogP contribution in [0.3, 0.4) is 0 Å². The van der Waals surface area contributed by atoms with Gasteiger partial charge in [-0.2, -0.15) is 4.79 Å². The lowest BCUT2D eigenvalue weighted by molar-refractivity contribution is 0.00680. The van der Waals surface area contributed by atoms with Gasteiger partial charge in [-0.1, -0.05) is 31.2 Å². The molecule has 1 aromatic rings. The van der Waals surface area contributed by atoms with Crippen LogP contribution in [0.25, 0.3) is 5.53 Å². The fourth-order valence-corrected chi connectivity index (χ4v) is 1.49. The lowest BCUT2D eigenvalue weighted by Gasteiger charge is -1.98.